The Morgan fingerprint density at radius 3 is 1.61 bits per heavy atom. The second-order valence-electron chi connectivity index (χ2n) is 16.5. The van der Waals surface area contributed by atoms with E-state index >= 15 is 0 Å². The van der Waals surface area contributed by atoms with Gasteiger partial charge < -0.3 is 0 Å². The van der Waals surface area contributed by atoms with Gasteiger partial charge in [0.2, 0.25) is 0 Å². The summed E-state index contributed by atoms with van der Waals surface area (Å²) in [6.45, 7) is 20.2. The first kappa shape index (κ1) is 44.3. The molecule has 0 spiro atoms. The fourth-order valence-electron chi connectivity index (χ4n) is 8.44. The molecule has 5 unspecified atom stereocenters. The molecule has 0 aliphatic heterocycles. The molecule has 0 radical (unpaired) electrons. The maximum absolute atomic E-state index is 2.44. The van der Waals surface area contributed by atoms with Crippen LogP contribution in [-0.2, 0) is 25.7 Å². The topological polar surface area (TPSA) is 0 Å². The quantitative estimate of drug-likeness (QED) is 0.239. The van der Waals surface area contributed by atoms with Crippen molar-refractivity contribution in [1.82, 2.24) is 0 Å². The van der Waals surface area contributed by atoms with Crippen LogP contribution in [0.2, 0.25) is 0 Å². The summed E-state index contributed by atoms with van der Waals surface area (Å²) in [6, 6.07) is 30.6. The van der Waals surface area contributed by atoms with E-state index in [2.05, 4.69) is 147 Å². The number of aryl methyl sites for hydroxylation is 7. The maximum Gasteiger partial charge on any atom is -0.0250 e. The molecule has 3 aliphatic rings. The van der Waals surface area contributed by atoms with Gasteiger partial charge in [-0.2, -0.15) is 0 Å². The fourth-order valence-corrected chi connectivity index (χ4v) is 8.44. The van der Waals surface area contributed by atoms with Gasteiger partial charge in [-0.05, 0) is 137 Å². The van der Waals surface area contributed by atoms with Gasteiger partial charge in [0.25, 0.3) is 0 Å². The van der Waals surface area contributed by atoms with E-state index in [0.717, 1.165) is 29.6 Å². The Labute approximate surface area is 317 Å². The lowest BCUT2D eigenvalue weighted by atomic mass is 9.65. The number of hydrogen-bond acceptors (Lipinski definition) is 0. The first-order valence-electron chi connectivity index (χ1n) is 20.6. The Hall–Kier alpha value is -2.86. The highest BCUT2D eigenvalue weighted by atomic mass is 14.4. The lowest BCUT2D eigenvalue weighted by Gasteiger charge is -2.40. The van der Waals surface area contributed by atoms with Crippen LogP contribution in [-0.4, -0.2) is 0 Å². The molecule has 0 heterocycles. The van der Waals surface area contributed by atoms with Gasteiger partial charge in [-0.1, -0.05) is 181 Å². The molecule has 51 heavy (non-hydrogen) atoms. The first-order valence-corrected chi connectivity index (χ1v) is 20.6. The third-order valence-corrected chi connectivity index (χ3v) is 11.3. The zero-order chi connectivity index (χ0) is 36.3. The Morgan fingerprint density at radius 2 is 0.980 bits per heavy atom. The van der Waals surface area contributed by atoms with Crippen molar-refractivity contribution in [2.24, 2.45) is 29.6 Å². The fraction of sp³-hybridized carbons (Fsp3) is 0.569. The van der Waals surface area contributed by atoms with Crippen LogP contribution >= 0.6 is 0 Å². The van der Waals surface area contributed by atoms with Gasteiger partial charge in [0.1, 0.15) is 0 Å². The third-order valence-electron chi connectivity index (χ3n) is 11.3. The Kier molecular flexibility index (Phi) is 21.2. The molecular formula is C51H78. The van der Waals surface area contributed by atoms with Crippen molar-refractivity contribution in [1.29, 1.82) is 0 Å². The van der Waals surface area contributed by atoms with E-state index in [0.29, 0.717) is 0 Å². The van der Waals surface area contributed by atoms with Crippen molar-refractivity contribution >= 4 is 0 Å². The number of fused-ring (bicyclic) bond motifs is 2. The van der Waals surface area contributed by atoms with E-state index < -0.39 is 0 Å². The Morgan fingerprint density at radius 1 is 0.490 bits per heavy atom. The zero-order valence-corrected chi connectivity index (χ0v) is 33.9. The molecular weight excluding hydrogens is 613 g/mol. The maximum atomic E-state index is 2.44. The average molecular weight is 691 g/mol. The van der Waals surface area contributed by atoms with Crippen LogP contribution in [0.3, 0.4) is 0 Å². The molecule has 0 aromatic heterocycles. The van der Waals surface area contributed by atoms with Crippen LogP contribution < -0.4 is 0 Å². The lowest BCUT2D eigenvalue weighted by molar-refractivity contribution is 0.109. The van der Waals surface area contributed by atoms with Crippen molar-refractivity contribution in [2.75, 3.05) is 0 Å². The highest BCUT2D eigenvalue weighted by Crippen LogP contribution is 2.44. The van der Waals surface area contributed by atoms with Crippen molar-refractivity contribution < 1.29 is 0 Å². The minimum Gasteiger partial charge on any atom is -0.0776 e. The van der Waals surface area contributed by atoms with Crippen LogP contribution in [0.4, 0.5) is 0 Å². The summed E-state index contributed by atoms with van der Waals surface area (Å²) >= 11 is 0. The molecule has 0 bridgehead atoms. The highest BCUT2D eigenvalue weighted by Gasteiger charge is 2.32. The molecule has 0 nitrogen and oxygen atoms in total. The molecule has 0 N–H and O–H groups in total. The predicted octanol–water partition coefficient (Wildman–Crippen LogP) is 15.3. The van der Waals surface area contributed by atoms with E-state index in [4.69, 9.17) is 0 Å². The average Bonchev–Trinajstić information content (AvgIpc) is 3.28. The van der Waals surface area contributed by atoms with E-state index in [9.17, 15) is 0 Å². The molecule has 5 atom stereocenters. The predicted molar refractivity (Wildman–Crippen MR) is 229 cm³/mol. The minimum absolute atomic E-state index is 0. The molecule has 0 heteroatoms. The Balaban J connectivity index is 0.000000234. The molecule has 6 rings (SSSR count). The van der Waals surface area contributed by atoms with Gasteiger partial charge in [-0.3, -0.25) is 0 Å². The molecule has 282 valence electrons. The summed E-state index contributed by atoms with van der Waals surface area (Å²) in [4.78, 5) is 0. The standard InChI is InChI=1S/C13H16.C13H20.C12H22.C12H16.CH4/c1-11-6-4-5-7-12(2)10-13(3)9-8-11;1-4-6-12-9-8-11(3)10-13(12)7-5-2;1-9-3-5-12-8-10(2)4-6-11(12)7-9;1-10-5-4-8-11-6-2-3-7-12(11)9-10;/h4-10H,1-3H3;8-10H,4-7H2,1-3H3;9-12H,3-8H2,1-2H3;2-3,6-7,10H,4-5,8-9H2,1H3;1H4. The highest BCUT2D eigenvalue weighted by molar-refractivity contribution is 5.32. The lowest BCUT2D eigenvalue weighted by Crippen LogP contribution is -2.29. The van der Waals surface area contributed by atoms with E-state index in [1.54, 1.807) is 22.3 Å². The van der Waals surface area contributed by atoms with E-state index in [1.165, 1.54) is 112 Å². The van der Waals surface area contributed by atoms with Gasteiger partial charge in [0.05, 0.1) is 0 Å². The molecule has 0 amide bonds. The van der Waals surface area contributed by atoms with Crippen LogP contribution in [0.25, 0.3) is 0 Å². The van der Waals surface area contributed by atoms with E-state index in [-0.39, 0.29) is 7.43 Å². The Bertz CT molecular complexity index is 1430. The summed E-state index contributed by atoms with van der Waals surface area (Å²) in [6.07, 6.45) is 19.5. The van der Waals surface area contributed by atoms with Crippen LogP contribution in [0.5, 0.6) is 0 Å². The van der Waals surface area contributed by atoms with E-state index in [1.807, 2.05) is 0 Å². The van der Waals surface area contributed by atoms with Crippen molar-refractivity contribution in [3.63, 3.8) is 0 Å². The molecule has 3 aromatic rings. The van der Waals surface area contributed by atoms with Crippen LogP contribution in [0.1, 0.15) is 151 Å². The summed E-state index contributed by atoms with van der Waals surface area (Å²) in [7, 11) is 0. The van der Waals surface area contributed by atoms with Gasteiger partial charge in [0.15, 0.2) is 0 Å². The van der Waals surface area contributed by atoms with Crippen LogP contribution in [0.15, 0.2) is 84.9 Å². The minimum atomic E-state index is 0. The van der Waals surface area contributed by atoms with Gasteiger partial charge in [-0.15, -0.1) is 0 Å². The number of hydrogen-bond donors (Lipinski definition) is 0. The monoisotopic (exact) mass is 691 g/mol. The van der Waals surface area contributed by atoms with Crippen molar-refractivity contribution in [2.45, 2.75) is 160 Å². The summed E-state index contributed by atoms with van der Waals surface area (Å²) in [5, 5.41) is 0. The summed E-state index contributed by atoms with van der Waals surface area (Å²) in [5.41, 5.74) is 11.5. The molecule has 2 fully saturated rings. The van der Waals surface area contributed by atoms with Crippen molar-refractivity contribution in [3.05, 3.63) is 129 Å². The second kappa shape index (κ2) is 24.4. The summed E-state index contributed by atoms with van der Waals surface area (Å²) < 4.78 is 0. The van der Waals surface area contributed by atoms with Gasteiger partial charge in [0, 0.05) is 0 Å². The number of rotatable bonds is 4. The van der Waals surface area contributed by atoms with Crippen molar-refractivity contribution in [3.8, 4) is 0 Å². The smallest absolute Gasteiger partial charge is 0.0250 e. The third kappa shape index (κ3) is 17.0. The SMILES string of the molecule is C.CC1CCC2CC(C)CCC2C1.CC1CCCc2ccccc2C1.CCCc1ccc(C)cc1CCC.Cc1ccccc(C)cc(C)cc1. The zero-order valence-electron chi connectivity index (χ0n) is 33.9. The van der Waals surface area contributed by atoms with Gasteiger partial charge >= 0.3 is 0 Å². The summed E-state index contributed by atoms with van der Waals surface area (Å²) in [5.74, 6) is 5.17. The molecule has 3 aromatic carbocycles. The first-order chi connectivity index (χ1) is 24.1. The number of benzene rings is 2. The normalized spacial score (nSPS) is 21.8. The largest absolute Gasteiger partial charge is 0.0776 e. The van der Waals surface area contributed by atoms with Gasteiger partial charge in [-0.25, -0.2) is 0 Å². The second-order valence-corrected chi connectivity index (χ2v) is 16.5. The molecule has 0 saturated heterocycles. The molecule has 2 saturated carbocycles. The van der Waals surface area contributed by atoms with Crippen LogP contribution in [0, 0.1) is 57.3 Å². The molecule has 3 aliphatic carbocycles.